The van der Waals surface area contributed by atoms with Crippen LogP contribution >= 0.6 is 0 Å². The number of alkyl halides is 3. The zero-order valence-electron chi connectivity index (χ0n) is 14.6. The van der Waals surface area contributed by atoms with Crippen molar-refractivity contribution in [1.82, 2.24) is 4.98 Å². The third kappa shape index (κ3) is 5.27. The largest absolute Gasteiger partial charge is 0.465 e. The second-order valence-electron chi connectivity index (χ2n) is 5.94. The summed E-state index contributed by atoms with van der Waals surface area (Å²) in [6, 6.07) is 3.90. The van der Waals surface area contributed by atoms with E-state index in [2.05, 4.69) is 15.0 Å². The first-order valence-electron chi connectivity index (χ1n) is 7.92. The van der Waals surface area contributed by atoms with Crippen molar-refractivity contribution >= 4 is 17.6 Å². The quantitative estimate of drug-likeness (QED) is 0.776. The highest BCUT2D eigenvalue weighted by Gasteiger charge is 2.31. The molecule has 1 amide bonds. The number of nitrogens with two attached hydrogens (primary N) is 1. The average Bonchev–Trinajstić information content (AvgIpc) is 2.59. The molecule has 9 heteroatoms. The Balaban J connectivity index is 2.51. The van der Waals surface area contributed by atoms with Gasteiger partial charge in [0.05, 0.1) is 18.2 Å². The molecule has 0 spiro atoms. The number of halogens is 3. The van der Waals surface area contributed by atoms with E-state index >= 15 is 0 Å². The van der Waals surface area contributed by atoms with Crippen LogP contribution in [0, 0.1) is 0 Å². The number of pyridine rings is 1. The Labute approximate surface area is 153 Å². The molecule has 0 aliphatic carbocycles. The molecule has 1 aromatic carbocycles. The molecule has 6 nitrogen and oxygen atoms in total. The van der Waals surface area contributed by atoms with Gasteiger partial charge in [0, 0.05) is 41.7 Å². The number of anilines is 1. The first-order valence-corrected chi connectivity index (χ1v) is 7.92. The summed E-state index contributed by atoms with van der Waals surface area (Å²) in [4.78, 5) is 27.6. The maximum atomic E-state index is 13.1. The highest BCUT2D eigenvalue weighted by atomic mass is 19.4. The molecule has 0 saturated heterocycles. The van der Waals surface area contributed by atoms with Crippen molar-refractivity contribution in [3.63, 3.8) is 0 Å². The van der Waals surface area contributed by atoms with Crippen LogP contribution in [0.4, 0.5) is 18.9 Å². The number of hydrogen-bond donors (Lipinski definition) is 2. The van der Waals surface area contributed by atoms with Crippen LogP contribution in [0.5, 0.6) is 0 Å². The van der Waals surface area contributed by atoms with E-state index in [1.165, 1.54) is 31.6 Å². The number of nitrogens with zero attached hydrogens (tertiary/aromatic N) is 1. The third-order valence-electron chi connectivity index (χ3n) is 3.60. The summed E-state index contributed by atoms with van der Waals surface area (Å²) in [5, 5.41) is 2.45. The van der Waals surface area contributed by atoms with Crippen LogP contribution < -0.4 is 11.1 Å². The van der Waals surface area contributed by atoms with Crippen LogP contribution in [0.3, 0.4) is 0 Å². The predicted octanol–water partition coefficient (Wildman–Crippen LogP) is 3.23. The fraction of sp³-hybridized carbons (Fsp3) is 0.278. The molecular weight excluding hydrogens is 363 g/mol. The Morgan fingerprint density at radius 1 is 1.26 bits per heavy atom. The van der Waals surface area contributed by atoms with Crippen LogP contribution in [0.1, 0.15) is 29.3 Å². The van der Waals surface area contributed by atoms with E-state index in [1.807, 2.05) is 0 Å². The fourth-order valence-electron chi connectivity index (χ4n) is 2.39. The Morgan fingerprint density at radius 2 is 1.96 bits per heavy atom. The Kier molecular flexibility index (Phi) is 6.17. The zero-order chi connectivity index (χ0) is 20.2. The Morgan fingerprint density at radius 3 is 2.56 bits per heavy atom. The summed E-state index contributed by atoms with van der Waals surface area (Å²) in [7, 11) is 1.20. The van der Waals surface area contributed by atoms with Gasteiger partial charge in [-0.1, -0.05) is 6.07 Å². The van der Waals surface area contributed by atoms with Gasteiger partial charge in [-0.25, -0.2) is 4.79 Å². The van der Waals surface area contributed by atoms with Crippen molar-refractivity contribution in [1.29, 1.82) is 0 Å². The molecule has 0 bridgehead atoms. The van der Waals surface area contributed by atoms with Gasteiger partial charge >= 0.3 is 12.1 Å². The molecule has 0 fully saturated rings. The predicted molar refractivity (Wildman–Crippen MR) is 92.9 cm³/mol. The number of amides is 1. The molecule has 3 N–H and O–H groups in total. The summed E-state index contributed by atoms with van der Waals surface area (Å²) < 4.78 is 43.8. The van der Waals surface area contributed by atoms with E-state index in [0.29, 0.717) is 5.56 Å². The van der Waals surface area contributed by atoms with Gasteiger partial charge in [0.1, 0.15) is 0 Å². The Bertz CT molecular complexity index is 851. The second-order valence-corrected chi connectivity index (χ2v) is 5.94. The second kappa shape index (κ2) is 8.17. The maximum Gasteiger partial charge on any atom is 0.416 e. The van der Waals surface area contributed by atoms with E-state index < -0.39 is 29.7 Å². The Hall–Kier alpha value is -2.94. The van der Waals surface area contributed by atoms with Crippen molar-refractivity contribution in [2.45, 2.75) is 25.6 Å². The van der Waals surface area contributed by atoms with Crippen molar-refractivity contribution in [2.24, 2.45) is 5.73 Å². The molecule has 0 radical (unpaired) electrons. The monoisotopic (exact) mass is 381 g/mol. The van der Waals surface area contributed by atoms with E-state index in [-0.39, 0.29) is 23.2 Å². The molecule has 1 heterocycles. The highest BCUT2D eigenvalue weighted by Crippen LogP contribution is 2.36. The zero-order valence-corrected chi connectivity index (χ0v) is 14.6. The van der Waals surface area contributed by atoms with E-state index in [9.17, 15) is 22.8 Å². The lowest BCUT2D eigenvalue weighted by molar-refractivity contribution is -0.137. The van der Waals surface area contributed by atoms with Crippen molar-refractivity contribution in [3.8, 4) is 11.1 Å². The molecule has 2 rings (SSSR count). The molecular formula is C18H18F3N3O3. The molecule has 0 aliphatic rings. The number of nitrogens with one attached hydrogen (secondary N) is 1. The van der Waals surface area contributed by atoms with Gasteiger partial charge in [0.25, 0.3) is 0 Å². The minimum Gasteiger partial charge on any atom is -0.465 e. The van der Waals surface area contributed by atoms with Gasteiger partial charge < -0.3 is 15.8 Å². The first kappa shape index (κ1) is 20.4. The van der Waals surface area contributed by atoms with Gasteiger partial charge in [-0.05, 0) is 25.1 Å². The number of hydrogen-bond acceptors (Lipinski definition) is 5. The normalized spacial score (nSPS) is 12.4. The molecule has 0 saturated carbocycles. The molecule has 1 atom stereocenters. The van der Waals surface area contributed by atoms with E-state index in [4.69, 9.17) is 5.73 Å². The smallest absolute Gasteiger partial charge is 0.416 e. The van der Waals surface area contributed by atoms with Gasteiger partial charge in [-0.2, -0.15) is 13.2 Å². The van der Waals surface area contributed by atoms with E-state index in [1.54, 1.807) is 6.92 Å². The highest BCUT2D eigenvalue weighted by molar-refractivity contribution is 5.97. The number of benzene rings is 1. The lowest BCUT2D eigenvalue weighted by atomic mass is 10.0. The number of ether oxygens (including phenoxy) is 1. The lowest BCUT2D eigenvalue weighted by Gasteiger charge is -2.15. The summed E-state index contributed by atoms with van der Waals surface area (Å²) in [5.41, 5.74) is 5.34. The first-order chi connectivity index (χ1) is 12.6. The minimum absolute atomic E-state index is 0.0562. The maximum absolute atomic E-state index is 13.1. The van der Waals surface area contributed by atoms with Gasteiger partial charge in [0.2, 0.25) is 5.91 Å². The SMILES string of the molecule is COC(=O)c1cncc(-c2ccc(C(F)(F)F)cc2NC(=O)CC(C)N)c1. The van der Waals surface area contributed by atoms with Crippen LogP contribution in [0.15, 0.2) is 36.7 Å². The van der Waals surface area contributed by atoms with Crippen LogP contribution in [0.25, 0.3) is 11.1 Å². The van der Waals surface area contributed by atoms with E-state index in [0.717, 1.165) is 12.1 Å². The number of aromatic nitrogens is 1. The van der Waals surface area contributed by atoms with Gasteiger partial charge in [-0.3, -0.25) is 9.78 Å². The number of carbonyl (C=O) groups is 2. The van der Waals surface area contributed by atoms with Crippen LogP contribution in [-0.2, 0) is 15.7 Å². The van der Waals surface area contributed by atoms with Crippen molar-refractivity contribution < 1.29 is 27.5 Å². The summed E-state index contributed by atoms with van der Waals surface area (Å²) >= 11 is 0. The van der Waals surface area contributed by atoms with Gasteiger partial charge in [-0.15, -0.1) is 0 Å². The number of carbonyl (C=O) groups excluding carboxylic acids is 2. The summed E-state index contributed by atoms with van der Waals surface area (Å²) in [5.74, 6) is -1.17. The third-order valence-corrected chi connectivity index (χ3v) is 3.60. The lowest BCUT2D eigenvalue weighted by Crippen LogP contribution is -2.24. The summed E-state index contributed by atoms with van der Waals surface area (Å²) in [6.45, 7) is 1.61. The molecule has 144 valence electrons. The van der Waals surface area contributed by atoms with Crippen molar-refractivity contribution in [3.05, 3.63) is 47.8 Å². The molecule has 1 unspecified atom stereocenters. The van der Waals surface area contributed by atoms with Crippen LogP contribution in [-0.4, -0.2) is 30.0 Å². The van der Waals surface area contributed by atoms with Crippen molar-refractivity contribution in [2.75, 3.05) is 12.4 Å². The standard InChI is InChI=1S/C18H18F3N3O3/c1-10(22)5-16(25)24-15-7-13(18(19,20)21)3-4-14(15)11-6-12(9-23-8-11)17(26)27-2/h3-4,6-10H,5,22H2,1-2H3,(H,24,25). The summed E-state index contributed by atoms with van der Waals surface area (Å²) in [6.07, 6.45) is -1.99. The fourth-order valence-corrected chi connectivity index (χ4v) is 2.39. The molecule has 1 aromatic heterocycles. The average molecular weight is 381 g/mol. The number of methoxy groups -OCH3 is 1. The topological polar surface area (TPSA) is 94.3 Å². The number of rotatable bonds is 5. The minimum atomic E-state index is -4.58. The molecule has 2 aromatic rings. The molecule has 0 aliphatic heterocycles. The van der Waals surface area contributed by atoms with Gasteiger partial charge in [0.15, 0.2) is 0 Å². The number of esters is 1. The van der Waals surface area contributed by atoms with Crippen LogP contribution in [0.2, 0.25) is 0 Å². The molecule has 27 heavy (non-hydrogen) atoms.